The van der Waals surface area contributed by atoms with E-state index in [1.807, 2.05) is 6.07 Å². The third-order valence-corrected chi connectivity index (χ3v) is 5.23. The summed E-state index contributed by atoms with van der Waals surface area (Å²) in [6.07, 6.45) is 2.76. The van der Waals surface area contributed by atoms with Gasteiger partial charge in [-0.25, -0.2) is 4.39 Å². The van der Waals surface area contributed by atoms with Gasteiger partial charge in [-0.15, -0.1) is 11.3 Å². The molecule has 3 nitrogen and oxygen atoms in total. The number of hydrogen-bond acceptors (Lipinski definition) is 3. The molecular weight excluding hydrogens is 311 g/mol. The fourth-order valence-electron chi connectivity index (χ4n) is 3.10. The van der Waals surface area contributed by atoms with Crippen LogP contribution in [0.3, 0.4) is 0 Å². The van der Waals surface area contributed by atoms with Gasteiger partial charge in [0.15, 0.2) is 0 Å². The van der Waals surface area contributed by atoms with Gasteiger partial charge in [0.1, 0.15) is 5.82 Å². The van der Waals surface area contributed by atoms with Gasteiger partial charge in [0.2, 0.25) is 5.91 Å². The number of benzene rings is 1. The second-order valence-electron chi connectivity index (χ2n) is 5.84. The number of likely N-dealkylation sites (tertiary alicyclic amines) is 1. The fraction of sp³-hybridized carbons (Fsp3) is 0.389. The van der Waals surface area contributed by atoms with Crippen LogP contribution in [0.25, 0.3) is 0 Å². The van der Waals surface area contributed by atoms with E-state index in [-0.39, 0.29) is 11.7 Å². The van der Waals surface area contributed by atoms with Crippen molar-refractivity contribution in [3.05, 3.63) is 58.0 Å². The molecule has 0 spiro atoms. The normalized spacial score (nSPS) is 18.2. The molecule has 1 aliphatic rings. The van der Waals surface area contributed by atoms with Crippen LogP contribution in [0.15, 0.2) is 41.8 Å². The first-order valence-electron chi connectivity index (χ1n) is 8.01. The predicted molar refractivity (Wildman–Crippen MR) is 91.0 cm³/mol. The lowest BCUT2D eigenvalue weighted by Crippen LogP contribution is -2.37. The van der Waals surface area contributed by atoms with Crippen LogP contribution < -0.4 is 5.32 Å². The Morgan fingerprint density at radius 3 is 2.96 bits per heavy atom. The zero-order chi connectivity index (χ0) is 16.1. The van der Waals surface area contributed by atoms with Crippen molar-refractivity contribution < 1.29 is 9.18 Å². The lowest BCUT2D eigenvalue weighted by molar-refractivity contribution is -0.122. The summed E-state index contributed by atoms with van der Waals surface area (Å²) in [7, 11) is 0. The topological polar surface area (TPSA) is 32.3 Å². The molecule has 0 radical (unpaired) electrons. The summed E-state index contributed by atoms with van der Waals surface area (Å²) >= 11 is 1.75. The number of nitrogens with one attached hydrogen (secondary N) is 1. The quantitative estimate of drug-likeness (QED) is 0.879. The van der Waals surface area contributed by atoms with Crippen LogP contribution >= 0.6 is 11.3 Å². The molecule has 1 aromatic heterocycles. The van der Waals surface area contributed by atoms with E-state index < -0.39 is 0 Å². The lowest BCUT2D eigenvalue weighted by atomic mass is 10.1. The average molecular weight is 332 g/mol. The van der Waals surface area contributed by atoms with Crippen molar-refractivity contribution in [1.82, 2.24) is 10.2 Å². The number of thiophene rings is 1. The Hall–Kier alpha value is -1.72. The van der Waals surface area contributed by atoms with E-state index in [9.17, 15) is 9.18 Å². The highest BCUT2D eigenvalue weighted by atomic mass is 32.1. The summed E-state index contributed by atoms with van der Waals surface area (Å²) in [5.41, 5.74) is 0.644. The molecule has 0 aliphatic carbocycles. The highest BCUT2D eigenvalue weighted by Gasteiger charge is 2.27. The molecule has 2 heterocycles. The van der Waals surface area contributed by atoms with Crippen molar-refractivity contribution in [2.75, 3.05) is 19.6 Å². The summed E-state index contributed by atoms with van der Waals surface area (Å²) in [5.74, 6) is -0.191. The van der Waals surface area contributed by atoms with Gasteiger partial charge < -0.3 is 5.32 Å². The highest BCUT2D eigenvalue weighted by Crippen LogP contribution is 2.33. The number of carbonyl (C=O) groups excluding carboxylic acids is 1. The minimum absolute atomic E-state index is 0.0183. The number of halogens is 1. The molecule has 0 bridgehead atoms. The van der Waals surface area contributed by atoms with Crippen LogP contribution in [0.4, 0.5) is 4.39 Å². The van der Waals surface area contributed by atoms with Crippen LogP contribution in [-0.2, 0) is 11.2 Å². The van der Waals surface area contributed by atoms with Crippen LogP contribution in [0.1, 0.15) is 29.3 Å². The van der Waals surface area contributed by atoms with Crippen molar-refractivity contribution in [3.63, 3.8) is 0 Å². The minimum atomic E-state index is -0.209. The molecule has 1 fully saturated rings. The highest BCUT2D eigenvalue weighted by molar-refractivity contribution is 7.10. The Labute approximate surface area is 140 Å². The van der Waals surface area contributed by atoms with Gasteiger partial charge in [0, 0.05) is 17.5 Å². The summed E-state index contributed by atoms with van der Waals surface area (Å²) < 4.78 is 13.5. The van der Waals surface area contributed by atoms with Gasteiger partial charge in [0.05, 0.1) is 6.54 Å². The van der Waals surface area contributed by atoms with Gasteiger partial charge in [0.25, 0.3) is 0 Å². The van der Waals surface area contributed by atoms with Crippen LogP contribution in [0, 0.1) is 5.82 Å². The summed E-state index contributed by atoms with van der Waals surface area (Å²) in [4.78, 5) is 15.7. The monoisotopic (exact) mass is 332 g/mol. The van der Waals surface area contributed by atoms with E-state index in [4.69, 9.17) is 0 Å². The van der Waals surface area contributed by atoms with E-state index in [0.29, 0.717) is 31.1 Å². The lowest BCUT2D eigenvalue weighted by Gasteiger charge is -2.22. The van der Waals surface area contributed by atoms with E-state index in [2.05, 4.69) is 27.7 Å². The van der Waals surface area contributed by atoms with Crippen molar-refractivity contribution in [1.29, 1.82) is 0 Å². The summed E-state index contributed by atoms with van der Waals surface area (Å²) in [6.45, 7) is 1.85. The molecule has 0 saturated carbocycles. The third kappa shape index (κ3) is 4.18. The number of carbonyl (C=O) groups is 1. The molecule has 3 rings (SSSR count). The molecule has 1 aliphatic heterocycles. The number of hydrogen-bond donors (Lipinski definition) is 1. The second kappa shape index (κ2) is 7.70. The average Bonchev–Trinajstić information content (AvgIpc) is 3.20. The van der Waals surface area contributed by atoms with Crippen molar-refractivity contribution in [3.8, 4) is 0 Å². The fourth-order valence-corrected chi connectivity index (χ4v) is 3.99. The van der Waals surface area contributed by atoms with Crippen LogP contribution in [0.5, 0.6) is 0 Å². The van der Waals surface area contributed by atoms with Gasteiger partial charge >= 0.3 is 0 Å². The summed E-state index contributed by atoms with van der Waals surface area (Å²) in [6, 6.07) is 11.3. The molecule has 1 aromatic carbocycles. The molecule has 1 amide bonds. The third-order valence-electron chi connectivity index (χ3n) is 4.26. The van der Waals surface area contributed by atoms with Crippen molar-refractivity contribution in [2.24, 2.45) is 0 Å². The first kappa shape index (κ1) is 16.1. The zero-order valence-corrected chi connectivity index (χ0v) is 13.8. The van der Waals surface area contributed by atoms with Crippen LogP contribution in [-0.4, -0.2) is 30.4 Å². The van der Waals surface area contributed by atoms with Gasteiger partial charge in [-0.05, 0) is 48.9 Å². The second-order valence-corrected chi connectivity index (χ2v) is 6.81. The Morgan fingerprint density at radius 2 is 2.17 bits per heavy atom. The van der Waals surface area contributed by atoms with E-state index >= 15 is 0 Å². The van der Waals surface area contributed by atoms with E-state index in [1.54, 1.807) is 23.5 Å². The van der Waals surface area contributed by atoms with E-state index in [0.717, 1.165) is 19.4 Å². The molecule has 2 aromatic rings. The molecule has 122 valence electrons. The Balaban J connectivity index is 1.47. The van der Waals surface area contributed by atoms with E-state index in [1.165, 1.54) is 10.9 Å². The smallest absolute Gasteiger partial charge is 0.234 e. The van der Waals surface area contributed by atoms with Gasteiger partial charge in [-0.1, -0.05) is 24.3 Å². The SMILES string of the molecule is O=C(CN1CCC[C@H]1c1cccs1)NCCc1ccccc1F. The molecule has 1 saturated heterocycles. The summed E-state index contributed by atoms with van der Waals surface area (Å²) in [5, 5.41) is 4.99. The first-order chi connectivity index (χ1) is 11.2. The predicted octanol–water partition coefficient (Wildman–Crippen LogP) is 3.38. The first-order valence-corrected chi connectivity index (χ1v) is 8.89. The molecule has 23 heavy (non-hydrogen) atoms. The van der Waals surface area contributed by atoms with Crippen molar-refractivity contribution in [2.45, 2.75) is 25.3 Å². The zero-order valence-electron chi connectivity index (χ0n) is 13.0. The molecule has 1 N–H and O–H groups in total. The Kier molecular flexibility index (Phi) is 5.41. The number of rotatable bonds is 6. The maximum Gasteiger partial charge on any atom is 0.234 e. The Morgan fingerprint density at radius 1 is 1.30 bits per heavy atom. The largest absolute Gasteiger partial charge is 0.355 e. The molecular formula is C18H21FN2OS. The number of amides is 1. The maximum absolute atomic E-state index is 13.5. The number of nitrogens with zero attached hydrogens (tertiary/aromatic N) is 1. The maximum atomic E-state index is 13.5. The molecule has 1 atom stereocenters. The van der Waals surface area contributed by atoms with Gasteiger partial charge in [-0.3, -0.25) is 9.69 Å². The standard InChI is InChI=1S/C18H21FN2OS/c19-15-6-2-1-5-14(15)9-10-20-18(22)13-21-11-3-7-16(21)17-8-4-12-23-17/h1-2,4-6,8,12,16H,3,7,9-11,13H2,(H,20,22)/t16-/m0/s1. The van der Waals surface area contributed by atoms with Crippen LogP contribution in [0.2, 0.25) is 0 Å². The van der Waals surface area contributed by atoms with Crippen molar-refractivity contribution >= 4 is 17.2 Å². The minimum Gasteiger partial charge on any atom is -0.355 e. The molecule has 5 heteroatoms. The molecule has 0 unspecified atom stereocenters. The van der Waals surface area contributed by atoms with Gasteiger partial charge in [-0.2, -0.15) is 0 Å². The Bertz CT molecular complexity index is 644.